The van der Waals surface area contributed by atoms with Crippen molar-refractivity contribution >= 4 is 18.1 Å². The number of rotatable bonds is 7. The van der Waals surface area contributed by atoms with E-state index in [4.69, 9.17) is 22.4 Å². The lowest BCUT2D eigenvalue weighted by atomic mass is 10.1. The van der Waals surface area contributed by atoms with Gasteiger partial charge in [0.15, 0.2) is 0 Å². The quantitative estimate of drug-likeness (QED) is 0.794. The summed E-state index contributed by atoms with van der Waals surface area (Å²) in [7, 11) is 0. The van der Waals surface area contributed by atoms with Crippen molar-refractivity contribution in [3.05, 3.63) is 46.6 Å². The van der Waals surface area contributed by atoms with Crippen molar-refractivity contribution in [2.24, 2.45) is 5.73 Å². The molecule has 0 radical (unpaired) electrons. The van der Waals surface area contributed by atoms with Crippen LogP contribution in [0.25, 0.3) is 0 Å². The molecule has 1 amide bonds. The van der Waals surface area contributed by atoms with Crippen LogP contribution in [0.15, 0.2) is 34.7 Å². The first-order valence-corrected chi connectivity index (χ1v) is 6.95. The lowest BCUT2D eigenvalue weighted by Crippen LogP contribution is -2.14. The zero-order valence-electron chi connectivity index (χ0n) is 11.1. The Labute approximate surface area is 122 Å². The summed E-state index contributed by atoms with van der Waals surface area (Å²) in [5.74, 6) is 0.232. The summed E-state index contributed by atoms with van der Waals surface area (Å²) in [6, 6.07) is 10.3. The molecule has 2 N–H and O–H groups in total. The molecule has 6 heteroatoms. The summed E-state index contributed by atoms with van der Waals surface area (Å²) in [5.41, 5.74) is 6.39. The van der Waals surface area contributed by atoms with Gasteiger partial charge in [-0.1, -0.05) is 30.3 Å². The highest BCUT2D eigenvalue weighted by atomic mass is 32.1. The fraction of sp³-hybridized carbons (Fsp3) is 0.357. The third kappa shape index (κ3) is 4.31. The maximum Gasteiger partial charge on any atom is 0.287 e. The van der Waals surface area contributed by atoms with Gasteiger partial charge in [-0.25, -0.2) is 4.68 Å². The zero-order chi connectivity index (χ0) is 14.4. The lowest BCUT2D eigenvalue weighted by Gasteiger charge is -1.98. The van der Waals surface area contributed by atoms with Crippen LogP contribution >= 0.6 is 12.2 Å². The third-order valence-electron chi connectivity index (χ3n) is 2.92. The van der Waals surface area contributed by atoms with E-state index in [1.54, 1.807) is 0 Å². The molecule has 1 aromatic heterocycles. The lowest BCUT2D eigenvalue weighted by molar-refractivity contribution is -0.118. The van der Waals surface area contributed by atoms with Gasteiger partial charge in [0.1, 0.15) is 0 Å². The first-order chi connectivity index (χ1) is 9.65. The summed E-state index contributed by atoms with van der Waals surface area (Å²) in [6.45, 7) is 0.371. The SMILES string of the molecule is NC(=O)CCn1nc(CCCc2ccccc2)oc1=S. The molecule has 0 bridgehead atoms. The normalized spacial score (nSPS) is 10.6. The molecule has 106 valence electrons. The monoisotopic (exact) mass is 291 g/mol. The Kier molecular flexibility index (Phi) is 5.06. The Morgan fingerprint density at radius 3 is 2.75 bits per heavy atom. The smallest absolute Gasteiger partial charge is 0.287 e. The number of carbonyl (C=O) groups is 1. The third-order valence-corrected chi connectivity index (χ3v) is 3.21. The summed E-state index contributed by atoms with van der Waals surface area (Å²) >= 11 is 5.05. The van der Waals surface area contributed by atoms with Gasteiger partial charge in [-0.15, -0.1) is 5.10 Å². The second-order valence-electron chi connectivity index (χ2n) is 4.54. The number of hydrogen-bond acceptors (Lipinski definition) is 4. The van der Waals surface area contributed by atoms with E-state index in [0.29, 0.717) is 17.3 Å². The van der Waals surface area contributed by atoms with Crippen LogP contribution in [-0.2, 0) is 24.2 Å². The van der Waals surface area contributed by atoms with Crippen LogP contribution in [0.2, 0.25) is 0 Å². The van der Waals surface area contributed by atoms with Gasteiger partial charge in [-0.3, -0.25) is 4.79 Å². The Balaban J connectivity index is 1.86. The molecule has 0 unspecified atom stereocenters. The number of carbonyl (C=O) groups excluding carboxylic acids is 1. The molecule has 0 fully saturated rings. The van der Waals surface area contributed by atoms with Gasteiger partial charge in [-0.2, -0.15) is 0 Å². The maximum atomic E-state index is 10.7. The van der Waals surface area contributed by atoms with Crippen LogP contribution in [0.4, 0.5) is 0 Å². The molecule has 0 spiro atoms. The van der Waals surface area contributed by atoms with Gasteiger partial charge in [0.25, 0.3) is 4.84 Å². The maximum absolute atomic E-state index is 10.7. The van der Waals surface area contributed by atoms with Crippen molar-refractivity contribution in [1.82, 2.24) is 9.78 Å². The molecule has 1 heterocycles. The van der Waals surface area contributed by atoms with E-state index >= 15 is 0 Å². The summed E-state index contributed by atoms with van der Waals surface area (Å²) in [4.78, 5) is 11.0. The Morgan fingerprint density at radius 2 is 2.05 bits per heavy atom. The number of benzene rings is 1. The van der Waals surface area contributed by atoms with Crippen LogP contribution in [0.3, 0.4) is 0 Å². The highest BCUT2D eigenvalue weighted by molar-refractivity contribution is 7.71. The summed E-state index contributed by atoms with van der Waals surface area (Å²) < 4.78 is 6.91. The van der Waals surface area contributed by atoms with Gasteiger partial charge in [0, 0.05) is 12.8 Å². The highest BCUT2D eigenvalue weighted by Gasteiger charge is 2.06. The first-order valence-electron chi connectivity index (χ1n) is 6.54. The summed E-state index contributed by atoms with van der Waals surface area (Å²) in [5, 5.41) is 4.25. The molecular weight excluding hydrogens is 274 g/mol. The zero-order valence-corrected chi connectivity index (χ0v) is 11.9. The van der Waals surface area contributed by atoms with Crippen LogP contribution in [0.1, 0.15) is 24.3 Å². The summed E-state index contributed by atoms with van der Waals surface area (Å²) in [6.07, 6.45) is 2.85. The fourth-order valence-corrected chi connectivity index (χ4v) is 2.12. The second kappa shape index (κ2) is 7.00. The molecule has 1 aromatic carbocycles. The van der Waals surface area contributed by atoms with Crippen LogP contribution in [0.5, 0.6) is 0 Å². The van der Waals surface area contributed by atoms with Gasteiger partial charge in [-0.05, 0) is 30.6 Å². The van der Waals surface area contributed by atoms with Crippen molar-refractivity contribution < 1.29 is 9.21 Å². The van der Waals surface area contributed by atoms with Gasteiger partial charge in [0.05, 0.1) is 6.54 Å². The van der Waals surface area contributed by atoms with Crippen molar-refractivity contribution in [3.8, 4) is 0 Å². The van der Waals surface area contributed by atoms with E-state index in [0.717, 1.165) is 19.3 Å². The number of primary amides is 1. The molecular formula is C14H17N3O2S. The number of aryl methyl sites for hydroxylation is 3. The Morgan fingerprint density at radius 1 is 1.30 bits per heavy atom. The molecule has 0 saturated heterocycles. The van der Waals surface area contributed by atoms with Crippen molar-refractivity contribution in [2.45, 2.75) is 32.2 Å². The topological polar surface area (TPSA) is 74.1 Å². The number of hydrogen-bond donors (Lipinski definition) is 1. The molecule has 2 aromatic rings. The predicted molar refractivity (Wildman–Crippen MR) is 77.6 cm³/mol. The average Bonchev–Trinajstić information content (AvgIpc) is 2.78. The minimum Gasteiger partial charge on any atom is -0.414 e. The van der Waals surface area contributed by atoms with Crippen LogP contribution < -0.4 is 5.73 Å². The highest BCUT2D eigenvalue weighted by Crippen LogP contribution is 2.08. The van der Waals surface area contributed by atoms with Gasteiger partial charge in [0.2, 0.25) is 11.8 Å². The van der Waals surface area contributed by atoms with Crippen molar-refractivity contribution in [2.75, 3.05) is 0 Å². The molecule has 2 rings (SSSR count). The van der Waals surface area contributed by atoms with E-state index < -0.39 is 0 Å². The number of nitrogens with zero attached hydrogens (tertiary/aromatic N) is 2. The predicted octanol–water partition coefficient (Wildman–Crippen LogP) is 2.26. The number of aromatic nitrogens is 2. The van der Waals surface area contributed by atoms with Gasteiger partial charge >= 0.3 is 0 Å². The van der Waals surface area contributed by atoms with E-state index in [1.165, 1.54) is 10.2 Å². The Bertz CT molecular complexity index is 619. The molecule has 0 atom stereocenters. The fourth-order valence-electron chi connectivity index (χ4n) is 1.90. The largest absolute Gasteiger partial charge is 0.414 e. The van der Waals surface area contributed by atoms with Crippen molar-refractivity contribution in [3.63, 3.8) is 0 Å². The van der Waals surface area contributed by atoms with Crippen molar-refractivity contribution in [1.29, 1.82) is 0 Å². The molecule has 0 aliphatic heterocycles. The Hall–Kier alpha value is -1.95. The molecule has 0 saturated carbocycles. The van der Waals surface area contributed by atoms with Gasteiger partial charge < -0.3 is 10.2 Å². The minimum atomic E-state index is -0.375. The molecule has 0 aliphatic rings. The molecule has 0 aliphatic carbocycles. The van der Waals surface area contributed by atoms with Crippen LogP contribution in [0, 0.1) is 4.84 Å². The minimum absolute atomic E-state index is 0.213. The number of nitrogens with two attached hydrogens (primary N) is 1. The van der Waals surface area contributed by atoms with E-state index in [2.05, 4.69) is 17.2 Å². The molecule has 20 heavy (non-hydrogen) atoms. The average molecular weight is 291 g/mol. The second-order valence-corrected chi connectivity index (χ2v) is 4.89. The van der Waals surface area contributed by atoms with E-state index in [1.807, 2.05) is 18.2 Å². The van der Waals surface area contributed by atoms with Crippen LogP contribution in [-0.4, -0.2) is 15.7 Å². The van der Waals surface area contributed by atoms with E-state index in [9.17, 15) is 4.79 Å². The number of amides is 1. The van der Waals surface area contributed by atoms with E-state index in [-0.39, 0.29) is 12.3 Å². The first kappa shape index (κ1) is 14.5. The molecule has 5 nitrogen and oxygen atoms in total. The standard InChI is InChI=1S/C14H17N3O2S/c15-12(18)9-10-17-14(20)19-13(16-17)8-4-7-11-5-2-1-3-6-11/h1-3,5-6H,4,7-10H2,(H2,15,18).